The molecule has 1 aromatic rings. The molecular weight excluding hydrogens is 180 g/mol. The third kappa shape index (κ3) is 1.30. The van der Waals surface area contributed by atoms with Gasteiger partial charge >= 0.3 is 0 Å². The summed E-state index contributed by atoms with van der Waals surface area (Å²) in [7, 11) is 0. The molecule has 72 valence electrons. The first kappa shape index (κ1) is 8.21. The van der Waals surface area contributed by atoms with Gasteiger partial charge in [-0.25, -0.2) is 13.5 Å². The van der Waals surface area contributed by atoms with Gasteiger partial charge < -0.3 is 11.1 Å². The summed E-state index contributed by atoms with van der Waals surface area (Å²) in [6, 6.07) is -0.902. The van der Waals surface area contributed by atoms with E-state index in [-0.39, 0.29) is 5.95 Å². The third-order valence-corrected chi connectivity index (χ3v) is 1.98. The first-order chi connectivity index (χ1) is 6.18. The second kappa shape index (κ2) is 2.82. The first-order valence-electron chi connectivity index (χ1n) is 3.92. The average molecular weight is 189 g/mol. The van der Waals surface area contributed by atoms with Crippen LogP contribution in [-0.4, -0.2) is 27.7 Å². The van der Waals surface area contributed by atoms with Gasteiger partial charge in [0, 0.05) is 6.54 Å². The van der Waals surface area contributed by atoms with E-state index in [2.05, 4.69) is 15.4 Å². The molecule has 0 aliphatic carbocycles. The van der Waals surface area contributed by atoms with E-state index in [1.807, 2.05) is 0 Å². The highest BCUT2D eigenvalue weighted by Crippen LogP contribution is 2.27. The highest BCUT2D eigenvalue weighted by molar-refractivity contribution is 5.34. The Morgan fingerprint density at radius 3 is 3.08 bits per heavy atom. The van der Waals surface area contributed by atoms with Crippen molar-refractivity contribution in [1.29, 1.82) is 0 Å². The SMILES string of the molecule is Nc1nc2n(n1)C(C(F)F)CCN2. The monoisotopic (exact) mass is 189 g/mol. The lowest BCUT2D eigenvalue weighted by Gasteiger charge is -2.23. The summed E-state index contributed by atoms with van der Waals surface area (Å²) >= 11 is 0. The number of nitrogens with one attached hydrogen (secondary N) is 1. The summed E-state index contributed by atoms with van der Waals surface area (Å²) in [6.07, 6.45) is -2.09. The molecule has 7 heteroatoms. The molecular formula is C6H9F2N5. The standard InChI is InChI=1S/C6H9F2N5/c7-4(8)3-1-2-10-6-11-5(9)12-13(3)6/h3-4H,1-2H2,(H3,9,10,11,12). The van der Waals surface area contributed by atoms with Gasteiger partial charge in [-0.1, -0.05) is 0 Å². The second-order valence-corrected chi connectivity index (χ2v) is 2.86. The fourth-order valence-electron chi connectivity index (χ4n) is 1.38. The maximum atomic E-state index is 12.5. The predicted molar refractivity (Wildman–Crippen MR) is 42.6 cm³/mol. The molecule has 0 saturated heterocycles. The quantitative estimate of drug-likeness (QED) is 0.674. The van der Waals surface area contributed by atoms with E-state index >= 15 is 0 Å². The van der Waals surface area contributed by atoms with Crippen LogP contribution in [0.1, 0.15) is 12.5 Å². The first-order valence-corrected chi connectivity index (χ1v) is 3.92. The van der Waals surface area contributed by atoms with E-state index in [1.54, 1.807) is 0 Å². The zero-order valence-corrected chi connectivity index (χ0v) is 6.74. The lowest BCUT2D eigenvalue weighted by Crippen LogP contribution is -2.28. The molecule has 2 heterocycles. The number of nitrogens with zero attached hydrogens (tertiary/aromatic N) is 3. The molecule has 0 saturated carbocycles. The minimum atomic E-state index is -2.43. The lowest BCUT2D eigenvalue weighted by atomic mass is 10.2. The van der Waals surface area contributed by atoms with Crippen LogP contribution >= 0.6 is 0 Å². The van der Waals surface area contributed by atoms with E-state index in [0.29, 0.717) is 18.9 Å². The van der Waals surface area contributed by atoms with Crippen LogP contribution in [0, 0.1) is 0 Å². The van der Waals surface area contributed by atoms with E-state index in [1.165, 1.54) is 0 Å². The fraction of sp³-hybridized carbons (Fsp3) is 0.667. The zero-order chi connectivity index (χ0) is 9.42. The number of alkyl halides is 2. The van der Waals surface area contributed by atoms with Gasteiger partial charge in [0.15, 0.2) is 0 Å². The molecule has 1 unspecified atom stereocenters. The highest BCUT2D eigenvalue weighted by Gasteiger charge is 2.29. The Hall–Kier alpha value is -1.40. The normalized spacial score (nSPS) is 21.3. The van der Waals surface area contributed by atoms with Crippen molar-refractivity contribution in [2.75, 3.05) is 17.6 Å². The Bertz CT molecular complexity index is 310. The molecule has 0 radical (unpaired) electrons. The van der Waals surface area contributed by atoms with Gasteiger partial charge in [-0.05, 0) is 6.42 Å². The molecule has 0 spiro atoms. The maximum Gasteiger partial charge on any atom is 0.260 e. The summed E-state index contributed by atoms with van der Waals surface area (Å²) in [4.78, 5) is 3.77. The van der Waals surface area contributed by atoms with Gasteiger partial charge in [-0.2, -0.15) is 4.98 Å². The molecule has 1 atom stereocenters. The molecule has 1 aliphatic rings. The second-order valence-electron chi connectivity index (χ2n) is 2.86. The Morgan fingerprint density at radius 1 is 1.62 bits per heavy atom. The molecule has 1 aromatic heterocycles. The number of hydrogen-bond acceptors (Lipinski definition) is 4. The van der Waals surface area contributed by atoms with Crippen LogP contribution in [0.4, 0.5) is 20.7 Å². The number of aromatic nitrogens is 3. The molecule has 1 aliphatic heterocycles. The molecule has 0 aromatic carbocycles. The highest BCUT2D eigenvalue weighted by atomic mass is 19.3. The maximum absolute atomic E-state index is 12.5. The number of anilines is 2. The van der Waals surface area contributed by atoms with Gasteiger partial charge in [0.25, 0.3) is 6.43 Å². The van der Waals surface area contributed by atoms with Crippen LogP contribution in [0.2, 0.25) is 0 Å². The minimum absolute atomic E-state index is 0.0232. The predicted octanol–water partition coefficient (Wildman–Crippen LogP) is 0.482. The van der Waals surface area contributed by atoms with Crippen molar-refractivity contribution in [3.63, 3.8) is 0 Å². The van der Waals surface area contributed by atoms with Crippen LogP contribution in [0.5, 0.6) is 0 Å². The van der Waals surface area contributed by atoms with Gasteiger partial charge in [-0.15, -0.1) is 5.10 Å². The zero-order valence-electron chi connectivity index (χ0n) is 6.74. The van der Waals surface area contributed by atoms with E-state index in [4.69, 9.17) is 5.73 Å². The van der Waals surface area contributed by atoms with Crippen molar-refractivity contribution < 1.29 is 8.78 Å². The van der Waals surface area contributed by atoms with Crippen LogP contribution in [0.25, 0.3) is 0 Å². The van der Waals surface area contributed by atoms with Crippen molar-refractivity contribution in [3.8, 4) is 0 Å². The fourth-order valence-corrected chi connectivity index (χ4v) is 1.38. The van der Waals surface area contributed by atoms with Crippen molar-refractivity contribution in [2.45, 2.75) is 18.9 Å². The van der Waals surface area contributed by atoms with Crippen LogP contribution in [0.3, 0.4) is 0 Å². The largest absolute Gasteiger partial charge is 0.366 e. The molecule has 5 nitrogen and oxygen atoms in total. The smallest absolute Gasteiger partial charge is 0.260 e. The van der Waals surface area contributed by atoms with Crippen LogP contribution < -0.4 is 11.1 Å². The summed E-state index contributed by atoms with van der Waals surface area (Å²) in [5.74, 6) is 0.351. The summed E-state index contributed by atoms with van der Waals surface area (Å²) < 4.78 is 26.1. The number of rotatable bonds is 1. The van der Waals surface area contributed by atoms with Gasteiger partial charge in [0.2, 0.25) is 11.9 Å². The number of halogens is 2. The third-order valence-electron chi connectivity index (χ3n) is 1.98. The van der Waals surface area contributed by atoms with E-state index in [0.717, 1.165) is 4.68 Å². The Morgan fingerprint density at radius 2 is 2.38 bits per heavy atom. The molecule has 13 heavy (non-hydrogen) atoms. The van der Waals surface area contributed by atoms with Gasteiger partial charge in [0.1, 0.15) is 6.04 Å². The van der Waals surface area contributed by atoms with Crippen LogP contribution in [0.15, 0.2) is 0 Å². The molecule has 3 N–H and O–H groups in total. The topological polar surface area (TPSA) is 68.8 Å². The summed E-state index contributed by atoms with van der Waals surface area (Å²) in [5.41, 5.74) is 5.29. The van der Waals surface area contributed by atoms with Crippen molar-refractivity contribution in [1.82, 2.24) is 14.8 Å². The number of hydrogen-bond donors (Lipinski definition) is 2. The molecule has 2 rings (SSSR count). The molecule has 0 fully saturated rings. The van der Waals surface area contributed by atoms with E-state index in [9.17, 15) is 8.78 Å². The van der Waals surface area contributed by atoms with Crippen molar-refractivity contribution >= 4 is 11.9 Å². The van der Waals surface area contributed by atoms with Gasteiger partial charge in [-0.3, -0.25) is 0 Å². The number of nitrogen functional groups attached to an aromatic ring is 1. The van der Waals surface area contributed by atoms with Crippen molar-refractivity contribution in [2.24, 2.45) is 0 Å². The van der Waals surface area contributed by atoms with Crippen LogP contribution in [-0.2, 0) is 0 Å². The average Bonchev–Trinajstić information content (AvgIpc) is 2.43. The molecule has 0 bridgehead atoms. The number of nitrogens with two attached hydrogens (primary N) is 1. The summed E-state index contributed by atoms with van der Waals surface area (Å²) in [5, 5.41) is 6.54. The lowest BCUT2D eigenvalue weighted by molar-refractivity contribution is 0.0714. The summed E-state index contributed by atoms with van der Waals surface area (Å²) in [6.45, 7) is 0.479. The van der Waals surface area contributed by atoms with E-state index < -0.39 is 12.5 Å². The number of fused-ring (bicyclic) bond motifs is 1. The Balaban J connectivity index is 2.36. The van der Waals surface area contributed by atoms with Crippen molar-refractivity contribution in [3.05, 3.63) is 0 Å². The van der Waals surface area contributed by atoms with Gasteiger partial charge in [0.05, 0.1) is 0 Å². The molecule has 0 amide bonds. The Kier molecular flexibility index (Phi) is 1.78. The minimum Gasteiger partial charge on any atom is -0.366 e. The Labute approximate surface area is 72.9 Å².